The molecule has 2 aliphatic rings. The molecule has 6 rings (SSSR count). The van der Waals surface area contributed by atoms with Gasteiger partial charge in [-0.1, -0.05) is 0 Å². The molecule has 2 saturated heterocycles. The zero-order valence-electron chi connectivity index (χ0n) is 28.9. The highest BCUT2D eigenvalue weighted by atomic mass is 19.4. The van der Waals surface area contributed by atoms with Crippen LogP contribution in [0, 0.1) is 0 Å². The molecule has 3 aromatic heterocycles. The molecule has 5 heterocycles. The van der Waals surface area contributed by atoms with Crippen LogP contribution in [0.5, 0.6) is 11.5 Å². The summed E-state index contributed by atoms with van der Waals surface area (Å²) in [6.07, 6.45) is -0.868. The lowest BCUT2D eigenvalue weighted by Crippen LogP contribution is -2.54. The van der Waals surface area contributed by atoms with Gasteiger partial charge in [-0.05, 0) is 81.5 Å². The van der Waals surface area contributed by atoms with E-state index in [-0.39, 0.29) is 24.0 Å². The van der Waals surface area contributed by atoms with E-state index < -0.39 is 23.7 Å². The van der Waals surface area contributed by atoms with Crippen LogP contribution in [0.1, 0.15) is 56.5 Å². The molecule has 4 aromatic rings. The van der Waals surface area contributed by atoms with Gasteiger partial charge in [-0.2, -0.15) is 26.3 Å². The minimum atomic E-state index is -4.64. The van der Waals surface area contributed by atoms with Crippen LogP contribution >= 0.6 is 0 Å². The molecule has 2 fully saturated rings. The van der Waals surface area contributed by atoms with E-state index in [9.17, 15) is 26.3 Å². The van der Waals surface area contributed by atoms with Gasteiger partial charge in [-0.15, -0.1) is 0 Å². The van der Waals surface area contributed by atoms with Gasteiger partial charge >= 0.3 is 12.4 Å². The smallest absolute Gasteiger partial charge is 0.433 e. The normalized spacial score (nSPS) is 16.9. The van der Waals surface area contributed by atoms with Crippen molar-refractivity contribution in [3.63, 3.8) is 0 Å². The van der Waals surface area contributed by atoms with Gasteiger partial charge < -0.3 is 18.9 Å². The second kappa shape index (κ2) is 15.9. The van der Waals surface area contributed by atoms with Crippen molar-refractivity contribution in [3.8, 4) is 17.2 Å². The van der Waals surface area contributed by atoms with Crippen molar-refractivity contribution in [2.45, 2.75) is 70.5 Å². The predicted molar refractivity (Wildman–Crippen MR) is 181 cm³/mol. The quantitative estimate of drug-likeness (QED) is 0.156. The number of piperidine rings is 2. The number of nitrogens with one attached hydrogen (secondary N) is 1. The molecule has 0 spiro atoms. The molecule has 0 amide bonds. The van der Waals surface area contributed by atoms with Gasteiger partial charge in [0.2, 0.25) is 11.9 Å². The lowest BCUT2D eigenvalue weighted by molar-refractivity contribution is -0.142. The number of hydrazine groups is 1. The van der Waals surface area contributed by atoms with Crippen LogP contribution < -0.4 is 19.8 Å². The third-order valence-electron chi connectivity index (χ3n) is 9.15. The molecule has 0 atom stereocenters. The predicted octanol–water partition coefficient (Wildman–Crippen LogP) is 6.85. The molecule has 0 bridgehead atoms. The molecule has 0 aliphatic carbocycles. The number of alkyl halides is 6. The van der Waals surface area contributed by atoms with Crippen LogP contribution in [0.3, 0.4) is 0 Å². The van der Waals surface area contributed by atoms with Crippen LogP contribution in [0.15, 0.2) is 61.2 Å². The fraction of sp³-hybridized carbons (Fsp3) is 0.486. The average molecular weight is 734 g/mol. The summed E-state index contributed by atoms with van der Waals surface area (Å²) in [5, 5.41) is 1.72. The summed E-state index contributed by atoms with van der Waals surface area (Å²) in [5.41, 5.74) is 2.63. The maximum Gasteiger partial charge on any atom is 0.433 e. The van der Waals surface area contributed by atoms with Gasteiger partial charge in [0, 0.05) is 69.6 Å². The summed E-state index contributed by atoms with van der Waals surface area (Å²) in [4.78, 5) is 20.0. The van der Waals surface area contributed by atoms with Gasteiger partial charge in [0.1, 0.15) is 28.6 Å². The molecule has 0 unspecified atom stereocenters. The lowest BCUT2D eigenvalue weighted by atomic mass is 9.96. The minimum absolute atomic E-state index is 0.0178. The van der Waals surface area contributed by atoms with Gasteiger partial charge in [-0.25, -0.2) is 24.9 Å². The fourth-order valence-electron chi connectivity index (χ4n) is 6.83. The Kier molecular flexibility index (Phi) is 11.4. The molecule has 2 aliphatic heterocycles. The van der Waals surface area contributed by atoms with E-state index in [0.717, 1.165) is 35.8 Å². The number of hydrogen-bond acceptors (Lipinski definition) is 10. The van der Waals surface area contributed by atoms with E-state index in [4.69, 9.17) is 9.47 Å². The van der Waals surface area contributed by atoms with Crippen molar-refractivity contribution in [2.24, 2.45) is 0 Å². The van der Waals surface area contributed by atoms with Crippen LogP contribution in [0.4, 0.5) is 38.2 Å². The first-order valence-electron chi connectivity index (χ1n) is 17.3. The van der Waals surface area contributed by atoms with Gasteiger partial charge in [0.05, 0.1) is 13.2 Å². The first-order chi connectivity index (χ1) is 24.9. The van der Waals surface area contributed by atoms with Crippen LogP contribution in [0.2, 0.25) is 0 Å². The molecule has 1 N–H and O–H groups in total. The number of anilines is 2. The maximum absolute atomic E-state index is 13.8. The van der Waals surface area contributed by atoms with Crippen molar-refractivity contribution >= 4 is 11.9 Å². The number of halogens is 6. The third kappa shape index (κ3) is 8.86. The SMILES string of the molecule is CCOc1cc(CN2CCC(N(c3nccc(C(F)(F)F)n3)C3CCN(Nc4nccc(C(F)(F)F)n4)CC3)CC2)cc(OCC)c1-n1cccc1. The summed E-state index contributed by atoms with van der Waals surface area (Å²) in [7, 11) is 0. The van der Waals surface area contributed by atoms with Crippen molar-refractivity contribution < 1.29 is 35.8 Å². The van der Waals surface area contributed by atoms with E-state index in [0.29, 0.717) is 83.1 Å². The Hall–Kier alpha value is -4.64. The second-order valence-electron chi connectivity index (χ2n) is 12.6. The van der Waals surface area contributed by atoms with Crippen molar-refractivity contribution in [1.29, 1.82) is 0 Å². The summed E-state index contributed by atoms with van der Waals surface area (Å²) in [6, 6.07) is 9.26. The van der Waals surface area contributed by atoms with E-state index in [2.05, 4.69) is 30.3 Å². The van der Waals surface area contributed by atoms with Crippen molar-refractivity contribution in [3.05, 3.63) is 78.1 Å². The van der Waals surface area contributed by atoms with E-state index in [1.54, 1.807) is 5.01 Å². The molecule has 280 valence electrons. The standard InChI is InChI=1S/C35H41F6N9O2/c1-3-51-27-21-24(22-28(52-4-2)31(27)48-15-5-6-16-48)23-47-17-9-25(10-18-47)50(33-43-14-8-30(45-33)35(39,40)41)26-11-19-49(20-12-26)46-32-42-13-7-29(44-32)34(36,37)38/h5-8,13-16,21-22,25-26H,3-4,9-12,17-20,23H2,1-2H3,(H,42,44,46). The molecular formula is C35H41F6N9O2. The number of hydrogen-bond donors (Lipinski definition) is 1. The Labute approximate surface area is 297 Å². The first-order valence-corrected chi connectivity index (χ1v) is 17.3. The molecule has 17 heteroatoms. The molecule has 0 radical (unpaired) electrons. The summed E-state index contributed by atoms with van der Waals surface area (Å²) in [5.74, 6) is 1.26. The summed E-state index contributed by atoms with van der Waals surface area (Å²) >= 11 is 0. The molecule has 0 saturated carbocycles. The molecular weight excluding hydrogens is 692 g/mol. The summed E-state index contributed by atoms with van der Waals surface area (Å²) < 4.78 is 94.9. The third-order valence-corrected chi connectivity index (χ3v) is 9.15. The Morgan fingerprint density at radius 2 is 1.31 bits per heavy atom. The largest absolute Gasteiger partial charge is 0.492 e. The zero-order valence-corrected chi connectivity index (χ0v) is 28.9. The van der Waals surface area contributed by atoms with Gasteiger partial charge in [0.25, 0.3) is 0 Å². The second-order valence-corrected chi connectivity index (χ2v) is 12.6. The minimum Gasteiger partial charge on any atom is -0.492 e. The highest BCUT2D eigenvalue weighted by Crippen LogP contribution is 2.37. The number of benzene rings is 1. The molecule has 52 heavy (non-hydrogen) atoms. The molecule has 1 aromatic carbocycles. The summed E-state index contributed by atoms with van der Waals surface area (Å²) in [6.45, 7) is 7.60. The van der Waals surface area contributed by atoms with Crippen molar-refractivity contribution in [1.82, 2.24) is 34.4 Å². The first kappa shape index (κ1) is 37.1. The number of nitrogens with zero attached hydrogens (tertiary/aromatic N) is 8. The Morgan fingerprint density at radius 1 is 0.769 bits per heavy atom. The average Bonchev–Trinajstić information content (AvgIpc) is 3.64. The lowest BCUT2D eigenvalue weighted by Gasteiger charge is -2.45. The number of aromatic nitrogens is 5. The van der Waals surface area contributed by atoms with Crippen LogP contribution in [-0.2, 0) is 18.9 Å². The number of likely N-dealkylation sites (tertiary alicyclic amines) is 1. The molecule has 11 nitrogen and oxygen atoms in total. The van der Waals surface area contributed by atoms with Gasteiger partial charge in [-0.3, -0.25) is 10.3 Å². The highest BCUT2D eigenvalue weighted by Gasteiger charge is 2.38. The number of ether oxygens (including phenoxy) is 2. The Balaban J connectivity index is 1.17. The van der Waals surface area contributed by atoms with E-state index in [1.807, 2.05) is 60.0 Å². The monoisotopic (exact) mass is 733 g/mol. The van der Waals surface area contributed by atoms with E-state index >= 15 is 0 Å². The number of rotatable bonds is 12. The topological polar surface area (TPSA) is 96.7 Å². The van der Waals surface area contributed by atoms with Crippen LogP contribution in [0.25, 0.3) is 5.69 Å². The van der Waals surface area contributed by atoms with Crippen molar-refractivity contribution in [2.75, 3.05) is 49.7 Å². The zero-order chi connectivity index (χ0) is 36.9. The Morgan fingerprint density at radius 3 is 1.87 bits per heavy atom. The Bertz CT molecular complexity index is 1730. The highest BCUT2D eigenvalue weighted by molar-refractivity contribution is 5.59. The maximum atomic E-state index is 13.8. The fourth-order valence-corrected chi connectivity index (χ4v) is 6.83. The van der Waals surface area contributed by atoms with Gasteiger partial charge in [0.15, 0.2) is 0 Å². The van der Waals surface area contributed by atoms with Crippen LogP contribution in [-0.4, -0.2) is 85.9 Å². The van der Waals surface area contributed by atoms with E-state index in [1.165, 1.54) is 0 Å².